The molecular weight excluding hydrogens is 352 g/mol. The predicted molar refractivity (Wildman–Crippen MR) is 89.0 cm³/mol. The zero-order valence-electron chi connectivity index (χ0n) is 12.2. The highest BCUT2D eigenvalue weighted by molar-refractivity contribution is 9.10. The van der Waals surface area contributed by atoms with E-state index in [0.29, 0.717) is 11.8 Å². The molecule has 0 atom stereocenters. The number of benzene rings is 1. The lowest BCUT2D eigenvalue weighted by molar-refractivity contribution is 0.260. The van der Waals surface area contributed by atoms with Crippen LogP contribution in [0, 0.1) is 5.41 Å². The van der Waals surface area contributed by atoms with Crippen LogP contribution in [-0.2, 0) is 16.5 Å². The predicted octanol–water partition coefficient (Wildman–Crippen LogP) is 4.61. The van der Waals surface area contributed by atoms with Gasteiger partial charge in [-0.2, -0.15) is 8.42 Å². The van der Waals surface area contributed by atoms with E-state index in [2.05, 4.69) is 40.2 Å². The molecule has 118 valence electrons. The minimum Gasteiger partial charge on any atom is -0.286 e. The summed E-state index contributed by atoms with van der Waals surface area (Å²) in [5.74, 6) is -0.110. The van der Waals surface area contributed by atoms with E-state index < -0.39 is 10.1 Å². The maximum Gasteiger partial charge on any atom is 0.264 e. The molecule has 0 radical (unpaired) electrons. The van der Waals surface area contributed by atoms with Crippen molar-refractivity contribution >= 4 is 26.0 Å². The van der Waals surface area contributed by atoms with E-state index in [1.165, 1.54) is 31.2 Å². The molecule has 3 nitrogen and oxygen atoms in total. The Labute approximate surface area is 136 Å². The summed E-state index contributed by atoms with van der Waals surface area (Å²) in [4.78, 5) is 0. The first-order valence-corrected chi connectivity index (χ1v) is 9.98. The monoisotopic (exact) mass is 374 g/mol. The zero-order chi connectivity index (χ0) is 15.3. The van der Waals surface area contributed by atoms with Crippen LogP contribution >= 0.6 is 15.9 Å². The van der Waals surface area contributed by atoms with Gasteiger partial charge >= 0.3 is 0 Å². The molecule has 2 rings (SSSR count). The summed E-state index contributed by atoms with van der Waals surface area (Å²) in [7, 11) is -3.81. The fourth-order valence-electron chi connectivity index (χ4n) is 3.46. The molecule has 1 aliphatic rings. The molecule has 0 amide bonds. The molecule has 0 bridgehead atoms. The standard InChI is InChI=1S/C16H23BrO3S/c17-15-7-5-14(6-8-15)13-16(9-1-2-10-16)11-3-4-12-21(18,19)20/h5-8H,1-4,9-13H2,(H,18,19,20). The van der Waals surface area contributed by atoms with Gasteiger partial charge in [0.15, 0.2) is 0 Å². The molecule has 21 heavy (non-hydrogen) atoms. The van der Waals surface area contributed by atoms with Gasteiger partial charge in [0.05, 0.1) is 5.75 Å². The van der Waals surface area contributed by atoms with Crippen molar-refractivity contribution in [1.82, 2.24) is 0 Å². The lowest BCUT2D eigenvalue weighted by Gasteiger charge is -2.29. The van der Waals surface area contributed by atoms with Gasteiger partial charge in [0.2, 0.25) is 0 Å². The van der Waals surface area contributed by atoms with Gasteiger partial charge in [-0.05, 0) is 55.2 Å². The van der Waals surface area contributed by atoms with Crippen LogP contribution in [0.25, 0.3) is 0 Å². The third kappa shape index (κ3) is 5.72. The number of rotatable bonds is 7. The van der Waals surface area contributed by atoms with Gasteiger partial charge in [-0.3, -0.25) is 4.55 Å². The highest BCUT2D eigenvalue weighted by Crippen LogP contribution is 2.45. The van der Waals surface area contributed by atoms with Crippen molar-refractivity contribution in [1.29, 1.82) is 0 Å². The second-order valence-electron chi connectivity index (χ2n) is 6.25. The highest BCUT2D eigenvalue weighted by atomic mass is 79.9. The summed E-state index contributed by atoms with van der Waals surface area (Å²) < 4.78 is 31.5. The van der Waals surface area contributed by atoms with E-state index in [0.717, 1.165) is 23.7 Å². The summed E-state index contributed by atoms with van der Waals surface area (Å²) in [6, 6.07) is 8.50. The second-order valence-corrected chi connectivity index (χ2v) is 8.74. The number of unbranched alkanes of at least 4 members (excludes halogenated alkanes) is 1. The van der Waals surface area contributed by atoms with Crippen LogP contribution in [0.5, 0.6) is 0 Å². The van der Waals surface area contributed by atoms with Crippen molar-refractivity contribution in [3.05, 3.63) is 34.3 Å². The molecule has 1 aliphatic carbocycles. The lowest BCUT2D eigenvalue weighted by atomic mass is 9.76. The van der Waals surface area contributed by atoms with Crippen molar-refractivity contribution in [2.45, 2.75) is 51.4 Å². The molecule has 1 saturated carbocycles. The van der Waals surface area contributed by atoms with Gasteiger partial charge in [0.1, 0.15) is 0 Å². The van der Waals surface area contributed by atoms with Crippen molar-refractivity contribution in [3.8, 4) is 0 Å². The molecular formula is C16H23BrO3S. The normalized spacial score (nSPS) is 18.0. The topological polar surface area (TPSA) is 54.4 Å². The molecule has 0 unspecified atom stereocenters. The Morgan fingerprint density at radius 2 is 1.71 bits per heavy atom. The minimum atomic E-state index is -3.81. The Morgan fingerprint density at radius 3 is 2.29 bits per heavy atom. The van der Waals surface area contributed by atoms with Gasteiger partial charge in [-0.1, -0.05) is 47.3 Å². The largest absolute Gasteiger partial charge is 0.286 e. The van der Waals surface area contributed by atoms with Crippen LogP contribution in [0.4, 0.5) is 0 Å². The van der Waals surface area contributed by atoms with E-state index in [1.807, 2.05) is 0 Å². The van der Waals surface area contributed by atoms with E-state index in [4.69, 9.17) is 4.55 Å². The molecule has 5 heteroatoms. The molecule has 0 saturated heterocycles. The average Bonchev–Trinajstić information content (AvgIpc) is 2.86. The summed E-state index contributed by atoms with van der Waals surface area (Å²) >= 11 is 3.46. The quantitative estimate of drug-likeness (QED) is 0.559. The van der Waals surface area contributed by atoms with Crippen molar-refractivity contribution < 1.29 is 13.0 Å². The Balaban J connectivity index is 1.92. The Morgan fingerprint density at radius 1 is 1.10 bits per heavy atom. The zero-order valence-corrected chi connectivity index (χ0v) is 14.6. The van der Waals surface area contributed by atoms with Crippen molar-refractivity contribution in [2.75, 3.05) is 5.75 Å². The van der Waals surface area contributed by atoms with Crippen LogP contribution < -0.4 is 0 Å². The lowest BCUT2D eigenvalue weighted by Crippen LogP contribution is -2.20. The van der Waals surface area contributed by atoms with Crippen LogP contribution in [0.2, 0.25) is 0 Å². The van der Waals surface area contributed by atoms with Gasteiger partial charge < -0.3 is 0 Å². The molecule has 0 aromatic heterocycles. The van der Waals surface area contributed by atoms with Crippen LogP contribution in [-0.4, -0.2) is 18.7 Å². The van der Waals surface area contributed by atoms with Crippen LogP contribution in [0.1, 0.15) is 50.5 Å². The van der Waals surface area contributed by atoms with Crippen molar-refractivity contribution in [3.63, 3.8) is 0 Å². The smallest absolute Gasteiger partial charge is 0.264 e. The molecule has 1 fully saturated rings. The third-order valence-electron chi connectivity index (χ3n) is 4.52. The molecule has 0 spiro atoms. The SMILES string of the molecule is O=S(=O)(O)CCCCC1(Cc2ccc(Br)cc2)CCCC1. The third-order valence-corrected chi connectivity index (χ3v) is 5.85. The summed E-state index contributed by atoms with van der Waals surface area (Å²) in [5.41, 5.74) is 1.68. The highest BCUT2D eigenvalue weighted by Gasteiger charge is 2.33. The second kappa shape index (κ2) is 7.25. The van der Waals surface area contributed by atoms with E-state index in [9.17, 15) is 8.42 Å². The van der Waals surface area contributed by atoms with Crippen molar-refractivity contribution in [2.24, 2.45) is 5.41 Å². The number of halogens is 1. The van der Waals surface area contributed by atoms with E-state index in [-0.39, 0.29) is 5.75 Å². The summed E-state index contributed by atoms with van der Waals surface area (Å²) in [6.07, 6.45) is 8.56. The Hall–Kier alpha value is -0.390. The van der Waals surface area contributed by atoms with E-state index >= 15 is 0 Å². The molecule has 0 aliphatic heterocycles. The Kier molecular flexibility index (Phi) is 5.86. The minimum absolute atomic E-state index is 0.110. The number of hydrogen-bond acceptors (Lipinski definition) is 2. The van der Waals surface area contributed by atoms with E-state index in [1.54, 1.807) is 0 Å². The summed E-state index contributed by atoms with van der Waals surface area (Å²) in [5, 5.41) is 0. The molecule has 1 aromatic carbocycles. The first-order valence-electron chi connectivity index (χ1n) is 7.58. The van der Waals surface area contributed by atoms with Gasteiger partial charge in [0, 0.05) is 4.47 Å². The first kappa shape index (κ1) is 17.0. The van der Waals surface area contributed by atoms with Crippen LogP contribution in [0.3, 0.4) is 0 Å². The molecule has 1 aromatic rings. The number of hydrogen-bond donors (Lipinski definition) is 1. The van der Waals surface area contributed by atoms with Gasteiger partial charge in [-0.25, -0.2) is 0 Å². The van der Waals surface area contributed by atoms with Gasteiger partial charge in [-0.15, -0.1) is 0 Å². The molecule has 0 heterocycles. The fraction of sp³-hybridized carbons (Fsp3) is 0.625. The fourth-order valence-corrected chi connectivity index (χ4v) is 4.29. The Bertz CT molecular complexity index is 545. The first-order chi connectivity index (χ1) is 9.89. The maximum atomic E-state index is 10.8. The van der Waals surface area contributed by atoms with Crippen LogP contribution in [0.15, 0.2) is 28.7 Å². The summed E-state index contributed by atoms with van der Waals surface area (Å²) in [6.45, 7) is 0. The van der Waals surface area contributed by atoms with Gasteiger partial charge in [0.25, 0.3) is 10.1 Å². The average molecular weight is 375 g/mol. The maximum absolute atomic E-state index is 10.8. The molecule has 1 N–H and O–H groups in total.